The minimum absolute atomic E-state index is 0.235. The maximum Gasteiger partial charge on any atom is 0.135 e. The van der Waals surface area contributed by atoms with Crippen molar-refractivity contribution in [2.75, 3.05) is 0 Å². The fourth-order valence-corrected chi connectivity index (χ4v) is 2.05. The zero-order valence-electron chi connectivity index (χ0n) is 8.62. The second-order valence-corrected chi connectivity index (χ2v) is 4.47. The average molecular weight is 184 g/mol. The van der Waals surface area contributed by atoms with Gasteiger partial charge in [0.05, 0.1) is 6.10 Å². The molecule has 0 aromatic carbocycles. The Balaban J connectivity index is 2.33. The zero-order chi connectivity index (χ0) is 9.84. The van der Waals surface area contributed by atoms with Crippen LogP contribution < -0.4 is 0 Å². The van der Waals surface area contributed by atoms with E-state index in [1.54, 1.807) is 6.92 Å². The number of rotatable bonds is 3. The summed E-state index contributed by atoms with van der Waals surface area (Å²) in [5.74, 6) is 1.34. The molecule has 0 bridgehead atoms. The van der Waals surface area contributed by atoms with Crippen LogP contribution in [0.1, 0.15) is 46.0 Å². The predicted octanol–water partition coefficient (Wildman–Crippen LogP) is 2.15. The summed E-state index contributed by atoms with van der Waals surface area (Å²) in [6.07, 6.45) is 4.23. The Bertz CT molecular complexity index is 175. The summed E-state index contributed by atoms with van der Waals surface area (Å²) in [4.78, 5) is 11.5. The third kappa shape index (κ3) is 3.47. The summed E-state index contributed by atoms with van der Waals surface area (Å²) in [6, 6.07) is 0. The van der Waals surface area contributed by atoms with E-state index >= 15 is 0 Å². The van der Waals surface area contributed by atoms with Crippen LogP contribution in [0.3, 0.4) is 0 Å². The minimum atomic E-state index is -0.259. The monoisotopic (exact) mass is 184 g/mol. The first-order chi connectivity index (χ1) is 6.09. The molecule has 0 aromatic heterocycles. The first-order valence-corrected chi connectivity index (χ1v) is 5.30. The molecule has 2 nitrogen and oxygen atoms in total. The molecule has 13 heavy (non-hydrogen) atoms. The molecule has 3 unspecified atom stereocenters. The molecule has 1 aliphatic carbocycles. The Hall–Kier alpha value is -0.370. The molecular formula is C11H20O2. The van der Waals surface area contributed by atoms with Gasteiger partial charge in [-0.25, -0.2) is 0 Å². The third-order valence-corrected chi connectivity index (χ3v) is 2.96. The van der Waals surface area contributed by atoms with Crippen molar-refractivity contribution in [3.8, 4) is 0 Å². The van der Waals surface area contributed by atoms with E-state index in [0.717, 1.165) is 32.1 Å². The fourth-order valence-electron chi connectivity index (χ4n) is 2.05. The molecule has 2 heteroatoms. The molecular weight excluding hydrogens is 164 g/mol. The molecule has 76 valence electrons. The molecule has 1 aliphatic rings. The first-order valence-electron chi connectivity index (χ1n) is 5.30. The Morgan fingerprint density at radius 1 is 1.62 bits per heavy atom. The van der Waals surface area contributed by atoms with Crippen molar-refractivity contribution in [3.05, 3.63) is 0 Å². The van der Waals surface area contributed by atoms with Crippen LogP contribution in [-0.4, -0.2) is 17.0 Å². The summed E-state index contributed by atoms with van der Waals surface area (Å²) >= 11 is 0. The van der Waals surface area contributed by atoms with Crippen molar-refractivity contribution in [1.29, 1.82) is 0 Å². The van der Waals surface area contributed by atoms with Gasteiger partial charge in [0.25, 0.3) is 0 Å². The SMILES string of the molecule is CC(O)CCC1CC(C)CCC1=O. The highest BCUT2D eigenvalue weighted by molar-refractivity contribution is 5.81. The molecule has 0 spiro atoms. The Morgan fingerprint density at radius 3 is 2.92 bits per heavy atom. The van der Waals surface area contributed by atoms with Gasteiger partial charge in [0.15, 0.2) is 0 Å². The number of ketones is 1. The Morgan fingerprint density at radius 2 is 2.31 bits per heavy atom. The van der Waals surface area contributed by atoms with E-state index in [2.05, 4.69) is 6.92 Å². The van der Waals surface area contributed by atoms with Crippen molar-refractivity contribution in [2.24, 2.45) is 11.8 Å². The molecule has 0 amide bonds. The minimum Gasteiger partial charge on any atom is -0.393 e. The lowest BCUT2D eigenvalue weighted by Crippen LogP contribution is -2.24. The number of hydrogen-bond donors (Lipinski definition) is 1. The van der Waals surface area contributed by atoms with E-state index in [1.165, 1.54) is 0 Å². The second kappa shape index (κ2) is 4.75. The maximum atomic E-state index is 11.5. The predicted molar refractivity (Wildman–Crippen MR) is 52.4 cm³/mol. The van der Waals surface area contributed by atoms with Gasteiger partial charge in [0.1, 0.15) is 5.78 Å². The van der Waals surface area contributed by atoms with Crippen LogP contribution >= 0.6 is 0 Å². The van der Waals surface area contributed by atoms with Crippen molar-refractivity contribution in [3.63, 3.8) is 0 Å². The normalized spacial score (nSPS) is 31.8. The van der Waals surface area contributed by atoms with Crippen molar-refractivity contribution in [1.82, 2.24) is 0 Å². The number of aliphatic hydroxyl groups is 1. The van der Waals surface area contributed by atoms with Gasteiger partial charge in [-0.15, -0.1) is 0 Å². The van der Waals surface area contributed by atoms with Crippen LogP contribution in [0.4, 0.5) is 0 Å². The average Bonchev–Trinajstić information content (AvgIpc) is 2.06. The molecule has 0 heterocycles. The molecule has 0 saturated heterocycles. The van der Waals surface area contributed by atoms with Gasteiger partial charge in [-0.3, -0.25) is 4.79 Å². The van der Waals surface area contributed by atoms with Gasteiger partial charge in [-0.2, -0.15) is 0 Å². The lowest BCUT2D eigenvalue weighted by Gasteiger charge is -2.25. The van der Waals surface area contributed by atoms with E-state index < -0.39 is 0 Å². The standard InChI is InChI=1S/C11H20O2/c1-8-3-6-11(13)10(7-8)5-4-9(2)12/h8-10,12H,3-7H2,1-2H3. The number of carbonyl (C=O) groups excluding carboxylic acids is 1. The molecule has 0 aliphatic heterocycles. The van der Waals surface area contributed by atoms with E-state index in [9.17, 15) is 4.79 Å². The molecule has 1 saturated carbocycles. The molecule has 1 N–H and O–H groups in total. The number of aliphatic hydroxyl groups excluding tert-OH is 1. The smallest absolute Gasteiger partial charge is 0.135 e. The molecule has 1 rings (SSSR count). The molecule has 0 aromatic rings. The number of carbonyl (C=O) groups is 1. The van der Waals surface area contributed by atoms with Crippen LogP contribution in [0, 0.1) is 11.8 Å². The van der Waals surface area contributed by atoms with Crippen LogP contribution in [0.5, 0.6) is 0 Å². The quantitative estimate of drug-likeness (QED) is 0.729. The van der Waals surface area contributed by atoms with Gasteiger partial charge < -0.3 is 5.11 Å². The van der Waals surface area contributed by atoms with Crippen LogP contribution in [0.2, 0.25) is 0 Å². The van der Waals surface area contributed by atoms with Crippen molar-refractivity contribution < 1.29 is 9.90 Å². The zero-order valence-corrected chi connectivity index (χ0v) is 8.62. The van der Waals surface area contributed by atoms with E-state index in [0.29, 0.717) is 11.7 Å². The van der Waals surface area contributed by atoms with Gasteiger partial charge >= 0.3 is 0 Å². The van der Waals surface area contributed by atoms with Gasteiger partial charge in [-0.05, 0) is 38.5 Å². The highest BCUT2D eigenvalue weighted by Gasteiger charge is 2.25. The molecule has 3 atom stereocenters. The van der Waals surface area contributed by atoms with Gasteiger partial charge in [-0.1, -0.05) is 6.92 Å². The van der Waals surface area contributed by atoms with Crippen LogP contribution in [0.15, 0.2) is 0 Å². The molecule has 0 radical (unpaired) electrons. The Kier molecular flexibility index (Phi) is 3.91. The van der Waals surface area contributed by atoms with E-state index in [-0.39, 0.29) is 12.0 Å². The van der Waals surface area contributed by atoms with Crippen LogP contribution in [0.25, 0.3) is 0 Å². The summed E-state index contributed by atoms with van der Waals surface area (Å²) in [5, 5.41) is 9.12. The lowest BCUT2D eigenvalue weighted by molar-refractivity contribution is -0.125. The van der Waals surface area contributed by atoms with E-state index in [1.807, 2.05) is 0 Å². The van der Waals surface area contributed by atoms with Gasteiger partial charge in [0.2, 0.25) is 0 Å². The Labute approximate surface area is 80.3 Å². The largest absolute Gasteiger partial charge is 0.393 e. The topological polar surface area (TPSA) is 37.3 Å². The summed E-state index contributed by atoms with van der Waals surface area (Å²) in [7, 11) is 0. The highest BCUT2D eigenvalue weighted by Crippen LogP contribution is 2.29. The maximum absolute atomic E-state index is 11.5. The van der Waals surface area contributed by atoms with Crippen molar-refractivity contribution in [2.45, 2.75) is 52.1 Å². The highest BCUT2D eigenvalue weighted by atomic mass is 16.3. The van der Waals surface area contributed by atoms with Gasteiger partial charge in [0, 0.05) is 12.3 Å². The first kappa shape index (κ1) is 10.7. The van der Waals surface area contributed by atoms with Crippen LogP contribution in [-0.2, 0) is 4.79 Å². The van der Waals surface area contributed by atoms with Crippen molar-refractivity contribution >= 4 is 5.78 Å². The fraction of sp³-hybridized carbons (Fsp3) is 0.909. The molecule has 1 fully saturated rings. The summed E-state index contributed by atoms with van der Waals surface area (Å²) in [5.41, 5.74) is 0. The third-order valence-electron chi connectivity index (χ3n) is 2.96. The summed E-state index contributed by atoms with van der Waals surface area (Å²) < 4.78 is 0. The van der Waals surface area contributed by atoms with E-state index in [4.69, 9.17) is 5.11 Å². The lowest BCUT2D eigenvalue weighted by atomic mass is 9.79. The summed E-state index contributed by atoms with van der Waals surface area (Å²) in [6.45, 7) is 4.00. The number of hydrogen-bond acceptors (Lipinski definition) is 2. The second-order valence-electron chi connectivity index (χ2n) is 4.47. The number of Topliss-reactive ketones (excluding diaryl/α,β-unsaturated/α-hetero) is 1.